The number of carbonyl (C=O) groups excluding carboxylic acids is 1. The molecule has 1 heterocycles. The van der Waals surface area contributed by atoms with Crippen LogP contribution in [0.25, 0.3) is 0 Å². The molecule has 1 unspecified atom stereocenters. The quantitative estimate of drug-likeness (QED) is 0.507. The molecule has 5 atom stereocenters. The number of ether oxygens (including phenoxy) is 1. The van der Waals surface area contributed by atoms with E-state index < -0.39 is 65.5 Å². The average molecular weight is 519 g/mol. The minimum Gasteiger partial charge on any atom is -0.380 e. The Labute approximate surface area is 202 Å². The van der Waals surface area contributed by atoms with Crippen LogP contribution in [0, 0.1) is 11.7 Å². The molecule has 0 aromatic heterocycles. The molecule has 4 nitrogen and oxygen atoms in total. The lowest BCUT2D eigenvalue weighted by molar-refractivity contribution is -0.143. The Morgan fingerprint density at radius 1 is 1.00 bits per heavy atom. The van der Waals surface area contributed by atoms with Crippen molar-refractivity contribution in [1.82, 2.24) is 5.32 Å². The van der Waals surface area contributed by atoms with Crippen molar-refractivity contribution in [3.63, 3.8) is 0 Å². The van der Waals surface area contributed by atoms with Gasteiger partial charge in [0.1, 0.15) is 11.4 Å². The van der Waals surface area contributed by atoms with Crippen molar-refractivity contribution >= 4 is 5.91 Å². The van der Waals surface area contributed by atoms with Gasteiger partial charge in [-0.15, -0.1) is 0 Å². The van der Waals surface area contributed by atoms with Crippen LogP contribution in [0.3, 0.4) is 0 Å². The smallest absolute Gasteiger partial charge is 0.380 e. The van der Waals surface area contributed by atoms with Gasteiger partial charge in [-0.2, -0.15) is 26.3 Å². The molecule has 36 heavy (non-hydrogen) atoms. The van der Waals surface area contributed by atoms with E-state index in [2.05, 4.69) is 5.32 Å². The first-order valence-corrected chi connectivity index (χ1v) is 11.3. The molecule has 2 aliphatic rings. The highest BCUT2D eigenvalue weighted by Crippen LogP contribution is 2.46. The van der Waals surface area contributed by atoms with Crippen LogP contribution in [-0.2, 0) is 28.5 Å². The third-order valence-electron chi connectivity index (χ3n) is 6.95. The van der Waals surface area contributed by atoms with Gasteiger partial charge in [-0.3, -0.25) is 4.79 Å². The number of carbonyl (C=O) groups is 1. The predicted octanol–water partition coefficient (Wildman–Crippen LogP) is 5.58. The molecular formula is C25H24F7NO3. The van der Waals surface area contributed by atoms with Crippen LogP contribution >= 0.6 is 0 Å². The van der Waals surface area contributed by atoms with Crippen molar-refractivity contribution in [2.75, 3.05) is 0 Å². The number of nitrogens with one attached hydrogen (secondary N) is 1. The third kappa shape index (κ3) is 5.51. The van der Waals surface area contributed by atoms with Gasteiger partial charge < -0.3 is 15.2 Å². The third-order valence-corrected chi connectivity index (χ3v) is 6.95. The van der Waals surface area contributed by atoms with Gasteiger partial charge in [-0.1, -0.05) is 12.1 Å². The monoisotopic (exact) mass is 519 g/mol. The summed E-state index contributed by atoms with van der Waals surface area (Å²) < 4.78 is 98.7. The zero-order valence-corrected chi connectivity index (χ0v) is 19.1. The van der Waals surface area contributed by atoms with Crippen molar-refractivity contribution in [2.45, 2.75) is 68.8 Å². The van der Waals surface area contributed by atoms with Crippen LogP contribution in [0.5, 0.6) is 0 Å². The lowest BCUT2D eigenvalue weighted by Crippen LogP contribution is -2.37. The largest absolute Gasteiger partial charge is 0.416 e. The normalized spacial score (nSPS) is 29.0. The van der Waals surface area contributed by atoms with E-state index in [9.17, 15) is 40.6 Å². The van der Waals surface area contributed by atoms with Gasteiger partial charge in [0.25, 0.3) is 5.91 Å². The zero-order valence-electron chi connectivity index (χ0n) is 19.1. The highest BCUT2D eigenvalue weighted by Gasteiger charge is 2.50. The Morgan fingerprint density at radius 3 is 2.08 bits per heavy atom. The summed E-state index contributed by atoms with van der Waals surface area (Å²) in [6.45, 7) is 0.890. The van der Waals surface area contributed by atoms with E-state index in [0.717, 1.165) is 0 Å². The maximum atomic E-state index is 13.6. The first-order chi connectivity index (χ1) is 16.6. The highest BCUT2D eigenvalue weighted by molar-refractivity contribution is 5.87. The van der Waals surface area contributed by atoms with E-state index in [1.54, 1.807) is 0 Å². The standard InChI is InChI=1S/C25H24F7NO3/c1-23(35)11-19(33-22(23)34)18-6-7-20(21(18)14-2-4-17(26)5-3-14)36-12-13-8-15(24(27,28)29)10-16(9-13)25(30,31)32/h2-5,8-10,18-21,35H,6-7,11-12H2,1H3,(H,33,34)/t18-,19?,20-,21-,23-/m0/s1. The van der Waals surface area contributed by atoms with Crippen LogP contribution in [-0.4, -0.2) is 28.8 Å². The van der Waals surface area contributed by atoms with Gasteiger partial charge in [-0.25, -0.2) is 4.39 Å². The summed E-state index contributed by atoms with van der Waals surface area (Å²) >= 11 is 0. The lowest BCUT2D eigenvalue weighted by atomic mass is 9.81. The number of hydrogen-bond acceptors (Lipinski definition) is 3. The fraction of sp³-hybridized carbons (Fsp3) is 0.480. The summed E-state index contributed by atoms with van der Waals surface area (Å²) in [6, 6.07) is 6.45. The molecule has 11 heteroatoms. The van der Waals surface area contributed by atoms with Gasteiger partial charge in [-0.05, 0) is 67.1 Å². The van der Waals surface area contributed by atoms with E-state index in [1.165, 1.54) is 31.2 Å². The van der Waals surface area contributed by atoms with Crippen molar-refractivity contribution in [1.29, 1.82) is 0 Å². The van der Waals surface area contributed by atoms with Gasteiger partial charge in [0.2, 0.25) is 0 Å². The summed E-state index contributed by atoms with van der Waals surface area (Å²) in [5, 5.41) is 13.1. The van der Waals surface area contributed by atoms with Crippen molar-refractivity contribution < 1.29 is 45.4 Å². The first kappa shape index (κ1) is 26.4. The maximum absolute atomic E-state index is 13.6. The van der Waals surface area contributed by atoms with Crippen molar-refractivity contribution in [3.05, 3.63) is 70.5 Å². The minimum absolute atomic E-state index is 0.0606. The molecule has 1 saturated carbocycles. The molecule has 1 amide bonds. The SMILES string of the molecule is C[C@]1(O)CC([C@@H]2CC[C@H](OCc3cc(C(F)(F)F)cc(C(F)(F)F)c3)[C@H]2c2ccc(F)cc2)NC1=O. The number of rotatable bonds is 5. The molecule has 1 saturated heterocycles. The molecule has 196 valence electrons. The molecule has 0 bridgehead atoms. The Hall–Kier alpha value is -2.66. The Morgan fingerprint density at radius 2 is 1.58 bits per heavy atom. The van der Waals surface area contributed by atoms with E-state index in [0.29, 0.717) is 30.5 Å². The Bertz CT molecular complexity index is 1080. The van der Waals surface area contributed by atoms with Crippen molar-refractivity contribution in [2.24, 2.45) is 5.92 Å². The molecule has 2 N–H and O–H groups in total. The second kappa shape index (κ2) is 9.33. The van der Waals surface area contributed by atoms with Gasteiger partial charge in [0.15, 0.2) is 0 Å². The summed E-state index contributed by atoms with van der Waals surface area (Å²) in [5.41, 5.74) is -4.04. The summed E-state index contributed by atoms with van der Waals surface area (Å²) in [6.07, 6.45) is -9.50. The Kier molecular flexibility index (Phi) is 6.85. The number of hydrogen-bond donors (Lipinski definition) is 2. The fourth-order valence-electron chi connectivity index (χ4n) is 5.24. The summed E-state index contributed by atoms with van der Waals surface area (Å²) in [5.74, 6) is -1.69. The molecule has 0 radical (unpaired) electrons. The average Bonchev–Trinajstić information content (AvgIpc) is 3.31. The molecule has 1 aliphatic heterocycles. The number of amides is 1. The fourth-order valence-corrected chi connectivity index (χ4v) is 5.24. The Balaban J connectivity index is 1.60. The topological polar surface area (TPSA) is 58.6 Å². The van der Waals surface area contributed by atoms with Crippen LogP contribution in [0.2, 0.25) is 0 Å². The molecule has 2 aromatic carbocycles. The minimum atomic E-state index is -4.97. The first-order valence-electron chi connectivity index (χ1n) is 11.3. The number of alkyl halides is 6. The van der Waals surface area contributed by atoms with Crippen molar-refractivity contribution in [3.8, 4) is 0 Å². The molecule has 4 rings (SSSR count). The molecule has 2 fully saturated rings. The van der Waals surface area contributed by atoms with E-state index in [-0.39, 0.29) is 24.0 Å². The van der Waals surface area contributed by atoms with E-state index in [1.807, 2.05) is 0 Å². The molecule has 0 spiro atoms. The van der Waals surface area contributed by atoms with E-state index >= 15 is 0 Å². The number of benzene rings is 2. The van der Waals surface area contributed by atoms with Gasteiger partial charge >= 0.3 is 12.4 Å². The molecular weight excluding hydrogens is 495 g/mol. The van der Waals surface area contributed by atoms with Crippen LogP contribution in [0.15, 0.2) is 42.5 Å². The summed E-state index contributed by atoms with van der Waals surface area (Å²) in [7, 11) is 0. The predicted molar refractivity (Wildman–Crippen MR) is 114 cm³/mol. The highest BCUT2D eigenvalue weighted by atomic mass is 19.4. The maximum Gasteiger partial charge on any atom is 0.416 e. The summed E-state index contributed by atoms with van der Waals surface area (Å²) in [4.78, 5) is 12.1. The van der Waals surface area contributed by atoms with Gasteiger partial charge in [0.05, 0.1) is 23.8 Å². The molecule has 2 aromatic rings. The number of halogens is 7. The lowest BCUT2D eigenvalue weighted by Gasteiger charge is -2.29. The van der Waals surface area contributed by atoms with Crippen LogP contribution < -0.4 is 5.32 Å². The van der Waals surface area contributed by atoms with E-state index in [4.69, 9.17) is 4.74 Å². The second-order valence-corrected chi connectivity index (χ2v) is 9.64. The zero-order chi connectivity index (χ0) is 26.5. The van der Waals surface area contributed by atoms with Crippen LogP contribution in [0.1, 0.15) is 54.4 Å². The number of aliphatic hydroxyl groups is 1. The van der Waals surface area contributed by atoms with Crippen LogP contribution in [0.4, 0.5) is 30.7 Å². The molecule has 1 aliphatic carbocycles. The second-order valence-electron chi connectivity index (χ2n) is 9.64. The van der Waals surface area contributed by atoms with Gasteiger partial charge in [0, 0.05) is 18.4 Å².